The highest BCUT2D eigenvalue weighted by atomic mass is 32.1. The fraction of sp³-hybridized carbons (Fsp3) is 0.462. The quantitative estimate of drug-likeness (QED) is 0.901. The first-order valence-electron chi connectivity index (χ1n) is 6.49. The summed E-state index contributed by atoms with van der Waals surface area (Å²) in [5, 5.41) is 7.56. The number of hydrogen-bond donors (Lipinski definition) is 2. The van der Waals surface area contributed by atoms with Crippen LogP contribution in [0.4, 0.5) is 10.9 Å². The summed E-state index contributed by atoms with van der Waals surface area (Å²) in [6, 6.07) is 2.24. The predicted molar refractivity (Wildman–Crippen MR) is 76.9 cm³/mol. The van der Waals surface area contributed by atoms with Crippen molar-refractivity contribution in [3.8, 4) is 0 Å². The van der Waals surface area contributed by atoms with Gasteiger partial charge in [-0.15, -0.1) is 11.3 Å². The minimum atomic E-state index is 0.290. The van der Waals surface area contributed by atoms with E-state index in [0.717, 1.165) is 35.4 Å². The minimum absolute atomic E-state index is 0.290. The van der Waals surface area contributed by atoms with E-state index in [4.69, 9.17) is 0 Å². The van der Waals surface area contributed by atoms with Gasteiger partial charge < -0.3 is 10.6 Å². The van der Waals surface area contributed by atoms with Gasteiger partial charge in [-0.1, -0.05) is 0 Å². The lowest BCUT2D eigenvalue weighted by atomic mass is 10.2. The minimum Gasteiger partial charge on any atom is -0.316 e. The molecule has 0 saturated carbocycles. The zero-order chi connectivity index (χ0) is 13.2. The third kappa shape index (κ3) is 2.90. The molecule has 100 valence electrons. The largest absolute Gasteiger partial charge is 0.316 e. The van der Waals surface area contributed by atoms with Gasteiger partial charge >= 0.3 is 0 Å². The molecule has 1 unspecified atom stereocenters. The zero-order valence-corrected chi connectivity index (χ0v) is 11.9. The number of anilines is 2. The topological polar surface area (TPSA) is 62.7 Å². The fourth-order valence-corrected chi connectivity index (χ4v) is 2.91. The van der Waals surface area contributed by atoms with Crippen molar-refractivity contribution in [1.82, 2.24) is 20.3 Å². The summed E-state index contributed by atoms with van der Waals surface area (Å²) in [6.07, 6.45) is 4.16. The van der Waals surface area contributed by atoms with Crippen LogP contribution in [0.3, 0.4) is 0 Å². The molecule has 0 aromatic carbocycles. The van der Waals surface area contributed by atoms with Crippen LogP contribution in [0.2, 0.25) is 0 Å². The van der Waals surface area contributed by atoms with Gasteiger partial charge in [0, 0.05) is 22.8 Å². The molecule has 0 spiro atoms. The van der Waals surface area contributed by atoms with Crippen LogP contribution in [0.15, 0.2) is 12.3 Å². The third-order valence-electron chi connectivity index (χ3n) is 3.10. The molecule has 2 aromatic rings. The molecule has 0 radical (unpaired) electrons. The van der Waals surface area contributed by atoms with E-state index in [-0.39, 0.29) is 0 Å². The Morgan fingerprint density at radius 3 is 2.95 bits per heavy atom. The van der Waals surface area contributed by atoms with Crippen LogP contribution in [0.25, 0.3) is 0 Å². The number of thiazole rings is 1. The molecule has 2 aromatic heterocycles. The standard InChI is InChI=1S/C13H17N5S/c1-8-6-11(18-13-15-7-9(2)19-13)17-12(16-8)10-4-3-5-14-10/h6-7,10,14H,3-5H2,1-2H3,(H,15,16,17,18). The van der Waals surface area contributed by atoms with Crippen molar-refractivity contribution in [2.24, 2.45) is 0 Å². The van der Waals surface area contributed by atoms with Crippen molar-refractivity contribution in [1.29, 1.82) is 0 Å². The molecule has 0 amide bonds. The first kappa shape index (κ1) is 12.5. The smallest absolute Gasteiger partial charge is 0.188 e. The molecular formula is C13H17N5S. The predicted octanol–water partition coefficient (Wildman–Crippen LogP) is 2.72. The van der Waals surface area contributed by atoms with Crippen LogP contribution in [0, 0.1) is 13.8 Å². The summed E-state index contributed by atoms with van der Waals surface area (Å²) in [5.41, 5.74) is 0.981. The lowest BCUT2D eigenvalue weighted by Gasteiger charge is -2.11. The Kier molecular flexibility index (Phi) is 3.44. The summed E-state index contributed by atoms with van der Waals surface area (Å²) in [5.74, 6) is 1.71. The Balaban J connectivity index is 1.84. The van der Waals surface area contributed by atoms with Gasteiger partial charge in [0.2, 0.25) is 0 Å². The second-order valence-corrected chi connectivity index (χ2v) is 6.04. The maximum absolute atomic E-state index is 4.60. The molecule has 1 aliphatic rings. The summed E-state index contributed by atoms with van der Waals surface area (Å²) < 4.78 is 0. The second kappa shape index (κ2) is 5.22. The number of nitrogens with one attached hydrogen (secondary N) is 2. The molecule has 6 heteroatoms. The maximum Gasteiger partial charge on any atom is 0.188 e. The second-order valence-electron chi connectivity index (χ2n) is 4.80. The van der Waals surface area contributed by atoms with Gasteiger partial charge in [-0.05, 0) is 33.2 Å². The van der Waals surface area contributed by atoms with Gasteiger partial charge in [0.15, 0.2) is 5.13 Å². The van der Waals surface area contributed by atoms with Crippen molar-refractivity contribution in [2.75, 3.05) is 11.9 Å². The Labute approximate surface area is 116 Å². The summed E-state index contributed by atoms with van der Waals surface area (Å²) >= 11 is 1.63. The van der Waals surface area contributed by atoms with Gasteiger partial charge in [0.05, 0.1) is 6.04 Å². The lowest BCUT2D eigenvalue weighted by Crippen LogP contribution is -2.16. The number of nitrogens with zero attached hydrogens (tertiary/aromatic N) is 3. The molecule has 0 aliphatic carbocycles. The van der Waals surface area contributed by atoms with Crippen LogP contribution in [-0.4, -0.2) is 21.5 Å². The van der Waals surface area contributed by atoms with Crippen LogP contribution in [0.1, 0.15) is 35.3 Å². The first-order chi connectivity index (χ1) is 9.20. The number of aromatic nitrogens is 3. The number of aryl methyl sites for hydroxylation is 2. The maximum atomic E-state index is 4.60. The molecule has 3 heterocycles. The van der Waals surface area contributed by atoms with Crippen LogP contribution in [-0.2, 0) is 0 Å². The molecule has 1 saturated heterocycles. The highest BCUT2D eigenvalue weighted by molar-refractivity contribution is 7.15. The number of hydrogen-bond acceptors (Lipinski definition) is 6. The monoisotopic (exact) mass is 275 g/mol. The normalized spacial score (nSPS) is 18.7. The molecule has 3 rings (SSSR count). The summed E-state index contributed by atoms with van der Waals surface area (Å²) in [4.78, 5) is 14.6. The summed E-state index contributed by atoms with van der Waals surface area (Å²) in [6.45, 7) is 5.09. The molecule has 19 heavy (non-hydrogen) atoms. The molecule has 1 atom stereocenters. The average molecular weight is 275 g/mol. The SMILES string of the molecule is Cc1cc(Nc2ncc(C)s2)nc(C2CCCN2)n1. The van der Waals surface area contributed by atoms with Crippen molar-refractivity contribution < 1.29 is 0 Å². The molecule has 1 fully saturated rings. The first-order valence-corrected chi connectivity index (χ1v) is 7.31. The molecular weight excluding hydrogens is 258 g/mol. The Morgan fingerprint density at radius 2 is 2.26 bits per heavy atom. The Bertz CT molecular complexity index is 574. The van der Waals surface area contributed by atoms with Crippen LogP contribution in [0.5, 0.6) is 0 Å². The van der Waals surface area contributed by atoms with Crippen LogP contribution < -0.4 is 10.6 Å². The highest BCUT2D eigenvalue weighted by Crippen LogP contribution is 2.24. The van der Waals surface area contributed by atoms with Crippen molar-refractivity contribution in [2.45, 2.75) is 32.7 Å². The molecule has 1 aliphatic heterocycles. The van der Waals surface area contributed by atoms with Gasteiger partial charge in [-0.25, -0.2) is 15.0 Å². The van der Waals surface area contributed by atoms with E-state index in [1.807, 2.05) is 26.1 Å². The van der Waals surface area contributed by atoms with E-state index in [1.165, 1.54) is 11.3 Å². The van der Waals surface area contributed by atoms with E-state index in [2.05, 4.69) is 25.6 Å². The summed E-state index contributed by atoms with van der Waals surface area (Å²) in [7, 11) is 0. The highest BCUT2D eigenvalue weighted by Gasteiger charge is 2.19. The van der Waals surface area contributed by atoms with Gasteiger partial charge in [0.25, 0.3) is 0 Å². The molecule has 2 N–H and O–H groups in total. The molecule has 0 bridgehead atoms. The fourth-order valence-electron chi connectivity index (χ4n) is 2.24. The average Bonchev–Trinajstić information content (AvgIpc) is 3.00. The van der Waals surface area contributed by atoms with E-state index >= 15 is 0 Å². The van der Waals surface area contributed by atoms with E-state index in [0.29, 0.717) is 6.04 Å². The van der Waals surface area contributed by atoms with Crippen molar-refractivity contribution in [3.05, 3.63) is 28.7 Å². The van der Waals surface area contributed by atoms with E-state index in [1.54, 1.807) is 11.3 Å². The van der Waals surface area contributed by atoms with E-state index < -0.39 is 0 Å². The van der Waals surface area contributed by atoms with Crippen molar-refractivity contribution in [3.63, 3.8) is 0 Å². The van der Waals surface area contributed by atoms with Gasteiger partial charge in [0.1, 0.15) is 11.6 Å². The van der Waals surface area contributed by atoms with E-state index in [9.17, 15) is 0 Å². The zero-order valence-electron chi connectivity index (χ0n) is 11.1. The Hall–Kier alpha value is -1.53. The van der Waals surface area contributed by atoms with Crippen LogP contribution >= 0.6 is 11.3 Å². The van der Waals surface area contributed by atoms with Gasteiger partial charge in [-0.3, -0.25) is 0 Å². The lowest BCUT2D eigenvalue weighted by molar-refractivity contribution is 0.603. The Morgan fingerprint density at radius 1 is 1.37 bits per heavy atom. The van der Waals surface area contributed by atoms with Crippen molar-refractivity contribution >= 4 is 22.3 Å². The van der Waals surface area contributed by atoms with Gasteiger partial charge in [-0.2, -0.15) is 0 Å². The third-order valence-corrected chi connectivity index (χ3v) is 3.93. The molecule has 5 nitrogen and oxygen atoms in total. The number of rotatable bonds is 3.